The van der Waals surface area contributed by atoms with E-state index in [2.05, 4.69) is 10.2 Å². The number of nitrogen functional groups attached to an aromatic ring is 1. The van der Waals surface area contributed by atoms with Gasteiger partial charge in [0.15, 0.2) is 0 Å². The van der Waals surface area contributed by atoms with Gasteiger partial charge in [-0.3, -0.25) is 4.90 Å². The molecule has 0 spiro atoms. The lowest BCUT2D eigenvalue weighted by Crippen LogP contribution is -2.31. The number of carbonyl (C=O) groups excluding carboxylic acids is 1. The molecule has 1 amide bonds. The van der Waals surface area contributed by atoms with Crippen molar-refractivity contribution < 1.29 is 13.9 Å². The predicted octanol–water partition coefficient (Wildman–Crippen LogP) is 2.13. The van der Waals surface area contributed by atoms with E-state index in [0.717, 1.165) is 18.4 Å². The third-order valence-corrected chi connectivity index (χ3v) is 3.43. The first-order valence-corrected chi connectivity index (χ1v) is 6.80. The van der Waals surface area contributed by atoms with Crippen molar-refractivity contribution in [3.05, 3.63) is 41.8 Å². The van der Waals surface area contributed by atoms with Crippen molar-refractivity contribution in [1.29, 1.82) is 0 Å². The first-order valence-electron chi connectivity index (χ1n) is 6.80. The predicted molar refractivity (Wildman–Crippen MR) is 74.0 cm³/mol. The lowest BCUT2D eigenvalue weighted by atomic mass is 10.2. The molecule has 1 aliphatic rings. The molecule has 110 valence electrons. The van der Waals surface area contributed by atoms with Crippen LogP contribution in [0.2, 0.25) is 0 Å². The van der Waals surface area contributed by atoms with Crippen LogP contribution < -0.4 is 5.73 Å². The second-order valence-corrected chi connectivity index (χ2v) is 4.87. The molecule has 1 aromatic carbocycles. The van der Waals surface area contributed by atoms with Gasteiger partial charge in [0.25, 0.3) is 0 Å². The summed E-state index contributed by atoms with van der Waals surface area (Å²) >= 11 is 0. The SMILES string of the molecule is Nc1nnc([C@@H]2CCCN2C(=O)OCc2ccccc2)o1. The van der Waals surface area contributed by atoms with Gasteiger partial charge in [-0.2, -0.15) is 0 Å². The number of carbonyl (C=O) groups is 1. The van der Waals surface area contributed by atoms with Crippen molar-refractivity contribution in [2.24, 2.45) is 0 Å². The van der Waals surface area contributed by atoms with Crippen LogP contribution in [0.25, 0.3) is 0 Å². The minimum absolute atomic E-state index is 0.00880. The van der Waals surface area contributed by atoms with Gasteiger partial charge < -0.3 is 14.9 Å². The zero-order chi connectivity index (χ0) is 14.7. The zero-order valence-electron chi connectivity index (χ0n) is 11.4. The summed E-state index contributed by atoms with van der Waals surface area (Å²) in [5.74, 6) is 0.363. The van der Waals surface area contributed by atoms with E-state index in [1.165, 1.54) is 0 Å². The third-order valence-electron chi connectivity index (χ3n) is 3.43. The molecule has 3 rings (SSSR count). The van der Waals surface area contributed by atoms with Crippen molar-refractivity contribution in [2.45, 2.75) is 25.5 Å². The smallest absolute Gasteiger partial charge is 0.410 e. The quantitative estimate of drug-likeness (QED) is 0.929. The summed E-state index contributed by atoms with van der Waals surface area (Å²) in [7, 11) is 0. The van der Waals surface area contributed by atoms with E-state index in [4.69, 9.17) is 14.9 Å². The number of rotatable bonds is 3. The summed E-state index contributed by atoms with van der Waals surface area (Å²) in [4.78, 5) is 13.8. The van der Waals surface area contributed by atoms with Crippen LogP contribution in [0.5, 0.6) is 0 Å². The number of benzene rings is 1. The molecule has 7 heteroatoms. The highest BCUT2D eigenvalue weighted by Crippen LogP contribution is 2.31. The second kappa shape index (κ2) is 5.82. The topological polar surface area (TPSA) is 94.5 Å². The normalized spacial score (nSPS) is 17.9. The Morgan fingerprint density at radius 3 is 2.90 bits per heavy atom. The molecule has 21 heavy (non-hydrogen) atoms. The molecule has 0 aliphatic carbocycles. The van der Waals surface area contributed by atoms with Crippen molar-refractivity contribution in [3.63, 3.8) is 0 Å². The number of hydrogen-bond donors (Lipinski definition) is 1. The van der Waals surface area contributed by atoms with E-state index < -0.39 is 0 Å². The Morgan fingerprint density at radius 1 is 1.38 bits per heavy atom. The fourth-order valence-electron chi connectivity index (χ4n) is 2.43. The summed E-state index contributed by atoms with van der Waals surface area (Å²) in [5, 5.41) is 7.49. The van der Waals surface area contributed by atoms with Crippen molar-refractivity contribution in [3.8, 4) is 0 Å². The Bertz CT molecular complexity index is 614. The number of likely N-dealkylation sites (tertiary alicyclic amines) is 1. The summed E-state index contributed by atoms with van der Waals surface area (Å²) in [5.41, 5.74) is 6.38. The molecule has 1 aliphatic heterocycles. The van der Waals surface area contributed by atoms with E-state index >= 15 is 0 Å². The van der Waals surface area contributed by atoms with Gasteiger partial charge >= 0.3 is 12.1 Å². The molecule has 2 aromatic rings. The van der Waals surface area contributed by atoms with Crippen molar-refractivity contribution >= 4 is 12.1 Å². The molecule has 7 nitrogen and oxygen atoms in total. The van der Waals surface area contributed by atoms with E-state index in [1.54, 1.807) is 4.90 Å². The Balaban J connectivity index is 1.63. The van der Waals surface area contributed by atoms with Crippen molar-refractivity contribution in [1.82, 2.24) is 15.1 Å². The summed E-state index contributed by atoms with van der Waals surface area (Å²) in [6, 6.07) is 9.31. The maximum Gasteiger partial charge on any atom is 0.410 e. The highest BCUT2D eigenvalue weighted by Gasteiger charge is 2.34. The van der Waals surface area contributed by atoms with Crippen LogP contribution in [0.3, 0.4) is 0 Å². The summed E-state index contributed by atoms with van der Waals surface area (Å²) in [6.45, 7) is 0.857. The van der Waals surface area contributed by atoms with Crippen LogP contribution in [0.15, 0.2) is 34.7 Å². The standard InChI is InChI=1S/C14H16N4O3/c15-13-17-16-12(21-13)11-7-4-8-18(11)14(19)20-9-10-5-2-1-3-6-10/h1-3,5-6,11H,4,7-9H2,(H2,15,17)/t11-/m0/s1. The van der Waals surface area contributed by atoms with E-state index in [0.29, 0.717) is 12.4 Å². The van der Waals surface area contributed by atoms with Crippen LogP contribution in [-0.4, -0.2) is 27.7 Å². The average molecular weight is 288 g/mol. The summed E-state index contributed by atoms with van der Waals surface area (Å²) < 4.78 is 10.6. The molecular weight excluding hydrogens is 272 g/mol. The number of anilines is 1. The number of nitrogens with zero attached hydrogens (tertiary/aromatic N) is 3. The van der Waals surface area contributed by atoms with Gasteiger partial charge in [-0.05, 0) is 18.4 Å². The van der Waals surface area contributed by atoms with Crippen LogP contribution in [0.4, 0.5) is 10.8 Å². The number of aromatic nitrogens is 2. The Morgan fingerprint density at radius 2 is 2.19 bits per heavy atom. The number of ether oxygens (including phenoxy) is 1. The van der Waals surface area contributed by atoms with E-state index in [-0.39, 0.29) is 24.8 Å². The monoisotopic (exact) mass is 288 g/mol. The minimum Gasteiger partial charge on any atom is -0.445 e. The summed E-state index contributed by atoms with van der Waals surface area (Å²) in [6.07, 6.45) is 1.26. The molecule has 0 saturated carbocycles. The molecule has 1 saturated heterocycles. The number of hydrogen-bond acceptors (Lipinski definition) is 6. The molecule has 0 bridgehead atoms. The highest BCUT2D eigenvalue weighted by molar-refractivity contribution is 5.68. The van der Waals surface area contributed by atoms with Gasteiger partial charge in [-0.1, -0.05) is 35.4 Å². The van der Waals surface area contributed by atoms with Gasteiger partial charge in [0, 0.05) is 6.54 Å². The highest BCUT2D eigenvalue weighted by atomic mass is 16.6. The van der Waals surface area contributed by atoms with Gasteiger partial charge in [0.2, 0.25) is 5.89 Å². The maximum absolute atomic E-state index is 12.2. The fourth-order valence-corrected chi connectivity index (χ4v) is 2.43. The fraction of sp³-hybridized carbons (Fsp3) is 0.357. The van der Waals surface area contributed by atoms with Crippen LogP contribution >= 0.6 is 0 Å². The van der Waals surface area contributed by atoms with Gasteiger partial charge in [0.05, 0.1) is 0 Å². The molecule has 0 unspecified atom stereocenters. The Hall–Kier alpha value is -2.57. The zero-order valence-corrected chi connectivity index (χ0v) is 11.4. The molecular formula is C14H16N4O3. The van der Waals surface area contributed by atoms with Crippen LogP contribution in [0, 0.1) is 0 Å². The van der Waals surface area contributed by atoms with Crippen LogP contribution in [-0.2, 0) is 11.3 Å². The molecule has 1 aromatic heterocycles. The van der Waals surface area contributed by atoms with Gasteiger partial charge in [-0.15, -0.1) is 5.10 Å². The molecule has 2 heterocycles. The first-order chi connectivity index (χ1) is 10.2. The lowest BCUT2D eigenvalue weighted by Gasteiger charge is -2.21. The second-order valence-electron chi connectivity index (χ2n) is 4.87. The Kier molecular flexibility index (Phi) is 3.72. The maximum atomic E-state index is 12.2. The minimum atomic E-state index is -0.377. The largest absolute Gasteiger partial charge is 0.445 e. The van der Waals surface area contributed by atoms with Gasteiger partial charge in [0.1, 0.15) is 12.6 Å². The van der Waals surface area contributed by atoms with Crippen LogP contribution in [0.1, 0.15) is 30.3 Å². The number of nitrogens with two attached hydrogens (primary N) is 1. The molecule has 1 atom stereocenters. The lowest BCUT2D eigenvalue weighted by molar-refractivity contribution is 0.0879. The third kappa shape index (κ3) is 2.96. The number of amides is 1. The molecule has 1 fully saturated rings. The van der Waals surface area contributed by atoms with Crippen molar-refractivity contribution in [2.75, 3.05) is 12.3 Å². The molecule has 0 radical (unpaired) electrons. The average Bonchev–Trinajstić information content (AvgIpc) is 3.14. The van der Waals surface area contributed by atoms with E-state index in [1.807, 2.05) is 30.3 Å². The van der Waals surface area contributed by atoms with E-state index in [9.17, 15) is 4.79 Å². The first kappa shape index (κ1) is 13.4. The van der Waals surface area contributed by atoms with Gasteiger partial charge in [-0.25, -0.2) is 4.79 Å². The Labute approximate surface area is 121 Å². The molecule has 2 N–H and O–H groups in total.